The number of nitro benzene ring substituents is 1. The Bertz CT molecular complexity index is 448. The van der Waals surface area contributed by atoms with Crippen LogP contribution in [0.25, 0.3) is 0 Å². The first-order valence-corrected chi connectivity index (χ1v) is 6.24. The summed E-state index contributed by atoms with van der Waals surface area (Å²) in [4.78, 5) is 10.5. The van der Waals surface area contributed by atoms with Gasteiger partial charge in [-0.15, -0.1) is 0 Å². The molecule has 0 aromatic heterocycles. The molecule has 0 spiro atoms. The average Bonchev–Trinajstić information content (AvgIpc) is 2.78. The van der Waals surface area contributed by atoms with Crippen LogP contribution in [0.1, 0.15) is 24.8 Å². The van der Waals surface area contributed by atoms with Gasteiger partial charge in [0.25, 0.3) is 5.69 Å². The number of aryl methyl sites for hydroxylation is 1. The molecule has 0 saturated heterocycles. The largest absolute Gasteiger partial charge is 0.396 e. The number of hydrogen-bond donors (Lipinski definition) is 2. The van der Waals surface area contributed by atoms with Crippen LogP contribution >= 0.6 is 0 Å². The molecule has 5 nitrogen and oxygen atoms in total. The minimum atomic E-state index is -0.362. The Morgan fingerprint density at radius 2 is 2.28 bits per heavy atom. The molecular weight excluding hydrogens is 232 g/mol. The van der Waals surface area contributed by atoms with E-state index < -0.39 is 0 Å². The number of hydrogen-bond acceptors (Lipinski definition) is 4. The molecule has 1 saturated carbocycles. The van der Waals surface area contributed by atoms with Gasteiger partial charge in [-0.05, 0) is 25.8 Å². The first kappa shape index (κ1) is 12.8. The number of rotatable bonds is 4. The summed E-state index contributed by atoms with van der Waals surface area (Å²) in [7, 11) is 0. The number of nitro groups is 1. The fraction of sp³-hybridized carbons (Fsp3) is 0.538. The standard InChI is InChI=1S/C13H18N2O3/c1-9-5-6-11(7-13(9)15(17)18)14-12-4-2-3-10(12)8-16/h5-7,10,12,14,16H,2-4,8H2,1H3. The number of benzene rings is 1. The second-order valence-corrected chi connectivity index (χ2v) is 4.88. The predicted molar refractivity (Wildman–Crippen MR) is 69.7 cm³/mol. The smallest absolute Gasteiger partial charge is 0.274 e. The van der Waals surface area contributed by atoms with E-state index in [0.29, 0.717) is 5.56 Å². The van der Waals surface area contributed by atoms with E-state index in [1.54, 1.807) is 19.1 Å². The molecule has 5 heteroatoms. The third-order valence-corrected chi connectivity index (χ3v) is 3.65. The normalized spacial score (nSPS) is 23.0. The molecule has 1 aliphatic carbocycles. The van der Waals surface area contributed by atoms with Crippen molar-refractivity contribution in [2.24, 2.45) is 5.92 Å². The van der Waals surface area contributed by atoms with E-state index in [9.17, 15) is 15.2 Å². The van der Waals surface area contributed by atoms with Crippen LogP contribution in [0, 0.1) is 23.0 Å². The lowest BCUT2D eigenvalue weighted by Crippen LogP contribution is -2.26. The van der Waals surface area contributed by atoms with Crippen LogP contribution in [0.3, 0.4) is 0 Å². The number of aliphatic hydroxyl groups excluding tert-OH is 1. The maximum atomic E-state index is 10.9. The van der Waals surface area contributed by atoms with Crippen molar-refractivity contribution in [3.8, 4) is 0 Å². The molecule has 2 unspecified atom stereocenters. The molecule has 0 amide bonds. The monoisotopic (exact) mass is 250 g/mol. The van der Waals surface area contributed by atoms with Crippen LogP contribution < -0.4 is 5.32 Å². The molecule has 0 aliphatic heterocycles. The fourth-order valence-corrected chi connectivity index (χ4v) is 2.56. The second kappa shape index (κ2) is 5.35. The molecule has 1 aromatic carbocycles. The summed E-state index contributed by atoms with van der Waals surface area (Å²) in [6.45, 7) is 1.90. The molecule has 0 heterocycles. The van der Waals surface area contributed by atoms with Gasteiger partial charge in [0.05, 0.1) is 4.92 Å². The van der Waals surface area contributed by atoms with Gasteiger partial charge in [-0.1, -0.05) is 12.5 Å². The van der Waals surface area contributed by atoms with Crippen LogP contribution in [-0.2, 0) is 0 Å². The number of nitrogens with one attached hydrogen (secondary N) is 1. The molecule has 18 heavy (non-hydrogen) atoms. The lowest BCUT2D eigenvalue weighted by atomic mass is 10.0. The molecule has 2 rings (SSSR count). The highest BCUT2D eigenvalue weighted by Gasteiger charge is 2.26. The molecule has 98 valence electrons. The minimum Gasteiger partial charge on any atom is -0.396 e. The van der Waals surface area contributed by atoms with E-state index in [0.717, 1.165) is 24.9 Å². The molecule has 1 aromatic rings. The fourth-order valence-electron chi connectivity index (χ4n) is 2.56. The van der Waals surface area contributed by atoms with Gasteiger partial charge in [0, 0.05) is 35.9 Å². The van der Waals surface area contributed by atoms with E-state index >= 15 is 0 Å². The topological polar surface area (TPSA) is 75.4 Å². The summed E-state index contributed by atoms with van der Waals surface area (Å²) in [5.41, 5.74) is 1.56. The van der Waals surface area contributed by atoms with Crippen molar-refractivity contribution in [1.29, 1.82) is 0 Å². The van der Waals surface area contributed by atoms with Gasteiger partial charge < -0.3 is 10.4 Å². The molecule has 2 atom stereocenters. The minimum absolute atomic E-state index is 0.138. The Morgan fingerprint density at radius 3 is 2.94 bits per heavy atom. The van der Waals surface area contributed by atoms with Crippen molar-refractivity contribution < 1.29 is 10.0 Å². The Labute approximate surface area is 106 Å². The van der Waals surface area contributed by atoms with Crippen molar-refractivity contribution in [3.63, 3.8) is 0 Å². The zero-order valence-corrected chi connectivity index (χ0v) is 10.4. The maximum Gasteiger partial charge on any atom is 0.274 e. The van der Waals surface area contributed by atoms with Crippen LogP contribution in [0.15, 0.2) is 18.2 Å². The van der Waals surface area contributed by atoms with E-state index in [-0.39, 0.29) is 29.2 Å². The van der Waals surface area contributed by atoms with Crippen molar-refractivity contribution in [1.82, 2.24) is 0 Å². The van der Waals surface area contributed by atoms with Gasteiger partial charge >= 0.3 is 0 Å². The van der Waals surface area contributed by atoms with Crippen molar-refractivity contribution in [2.75, 3.05) is 11.9 Å². The summed E-state index contributed by atoms with van der Waals surface area (Å²) in [5, 5.41) is 23.4. The summed E-state index contributed by atoms with van der Waals surface area (Å²) in [5.74, 6) is 0.255. The number of aliphatic hydroxyl groups is 1. The first-order chi connectivity index (χ1) is 8.61. The lowest BCUT2D eigenvalue weighted by molar-refractivity contribution is -0.385. The molecule has 0 radical (unpaired) electrons. The maximum absolute atomic E-state index is 10.9. The van der Waals surface area contributed by atoms with E-state index in [1.165, 1.54) is 0 Å². The number of nitrogens with zero attached hydrogens (tertiary/aromatic N) is 1. The summed E-state index contributed by atoms with van der Waals surface area (Å²) in [6.07, 6.45) is 3.12. The average molecular weight is 250 g/mol. The molecule has 0 bridgehead atoms. The summed E-state index contributed by atoms with van der Waals surface area (Å²) < 4.78 is 0. The first-order valence-electron chi connectivity index (χ1n) is 6.24. The van der Waals surface area contributed by atoms with Crippen LogP contribution in [0.2, 0.25) is 0 Å². The third kappa shape index (κ3) is 2.61. The van der Waals surface area contributed by atoms with Gasteiger partial charge in [-0.2, -0.15) is 0 Å². The zero-order chi connectivity index (χ0) is 13.1. The lowest BCUT2D eigenvalue weighted by Gasteiger charge is -2.20. The van der Waals surface area contributed by atoms with Crippen molar-refractivity contribution in [2.45, 2.75) is 32.2 Å². The molecule has 1 fully saturated rings. The second-order valence-electron chi connectivity index (χ2n) is 4.88. The van der Waals surface area contributed by atoms with Gasteiger partial charge in [-0.3, -0.25) is 10.1 Å². The highest BCUT2D eigenvalue weighted by molar-refractivity contribution is 5.55. The Hall–Kier alpha value is -1.62. The van der Waals surface area contributed by atoms with Gasteiger partial charge in [0.15, 0.2) is 0 Å². The Morgan fingerprint density at radius 1 is 1.50 bits per heavy atom. The molecular formula is C13H18N2O3. The Balaban J connectivity index is 2.14. The number of anilines is 1. The van der Waals surface area contributed by atoms with Gasteiger partial charge in [-0.25, -0.2) is 0 Å². The zero-order valence-electron chi connectivity index (χ0n) is 10.4. The predicted octanol–water partition coefficient (Wildman–Crippen LogP) is 2.48. The molecule has 2 N–H and O–H groups in total. The van der Waals surface area contributed by atoms with Crippen molar-refractivity contribution >= 4 is 11.4 Å². The highest BCUT2D eigenvalue weighted by Crippen LogP contribution is 2.30. The van der Waals surface area contributed by atoms with Crippen LogP contribution in [0.5, 0.6) is 0 Å². The van der Waals surface area contributed by atoms with Crippen LogP contribution in [-0.4, -0.2) is 22.7 Å². The van der Waals surface area contributed by atoms with Gasteiger partial charge in [0.2, 0.25) is 0 Å². The van der Waals surface area contributed by atoms with Crippen molar-refractivity contribution in [3.05, 3.63) is 33.9 Å². The summed E-state index contributed by atoms with van der Waals surface area (Å²) in [6, 6.07) is 5.40. The van der Waals surface area contributed by atoms with Gasteiger partial charge in [0.1, 0.15) is 0 Å². The van der Waals surface area contributed by atoms with E-state index in [2.05, 4.69) is 5.32 Å². The quantitative estimate of drug-likeness (QED) is 0.636. The Kier molecular flexibility index (Phi) is 3.81. The van der Waals surface area contributed by atoms with Crippen LogP contribution in [0.4, 0.5) is 11.4 Å². The highest BCUT2D eigenvalue weighted by atomic mass is 16.6. The summed E-state index contributed by atoms with van der Waals surface area (Å²) >= 11 is 0. The third-order valence-electron chi connectivity index (χ3n) is 3.65. The van der Waals surface area contributed by atoms with E-state index in [4.69, 9.17) is 0 Å². The molecule has 1 aliphatic rings. The SMILES string of the molecule is Cc1ccc(NC2CCCC2CO)cc1[N+](=O)[O-]. The van der Waals surface area contributed by atoms with E-state index in [1.807, 2.05) is 6.07 Å².